The summed E-state index contributed by atoms with van der Waals surface area (Å²) in [7, 11) is 1.32. The number of thiophene rings is 1. The van der Waals surface area contributed by atoms with Gasteiger partial charge in [-0.05, 0) is 30.6 Å². The first-order valence-electron chi connectivity index (χ1n) is 7.90. The molecule has 136 valence electrons. The van der Waals surface area contributed by atoms with E-state index in [1.807, 2.05) is 30.5 Å². The molecule has 1 unspecified atom stereocenters. The van der Waals surface area contributed by atoms with E-state index in [0.29, 0.717) is 16.5 Å². The van der Waals surface area contributed by atoms with Gasteiger partial charge in [0.05, 0.1) is 17.5 Å². The third-order valence-electron chi connectivity index (χ3n) is 3.95. The third kappa shape index (κ3) is 3.79. The zero-order valence-electron chi connectivity index (χ0n) is 14.2. The molecule has 8 heteroatoms. The summed E-state index contributed by atoms with van der Waals surface area (Å²) < 4.78 is 5.70. The lowest BCUT2D eigenvalue weighted by atomic mass is 10.2. The lowest BCUT2D eigenvalue weighted by Gasteiger charge is -2.15. The van der Waals surface area contributed by atoms with Crippen molar-refractivity contribution in [2.75, 3.05) is 19.1 Å². The number of halogens is 1. The molecule has 0 spiro atoms. The Kier molecular flexibility index (Phi) is 6.01. The van der Waals surface area contributed by atoms with Gasteiger partial charge in [-0.3, -0.25) is 4.79 Å². The molecule has 0 fully saturated rings. The van der Waals surface area contributed by atoms with Gasteiger partial charge in [-0.25, -0.2) is 9.78 Å². The number of benzene rings is 1. The SMILES string of the molecule is COC(=O)C(CCSC)NC(=O)c1cc2c(Cl)nc3ccccc3c2s1. The van der Waals surface area contributed by atoms with Crippen LogP contribution >= 0.6 is 34.7 Å². The Morgan fingerprint density at radius 1 is 1.35 bits per heavy atom. The first-order valence-corrected chi connectivity index (χ1v) is 10.5. The van der Waals surface area contributed by atoms with Crippen LogP contribution in [0.4, 0.5) is 0 Å². The predicted octanol–water partition coefficient (Wildman–Crippen LogP) is 4.13. The lowest BCUT2D eigenvalue weighted by molar-refractivity contribution is -0.142. The van der Waals surface area contributed by atoms with E-state index in [1.165, 1.54) is 18.4 Å². The number of thioether (sulfide) groups is 1. The number of aromatic nitrogens is 1. The Morgan fingerprint density at radius 3 is 2.85 bits per heavy atom. The van der Waals surface area contributed by atoms with E-state index >= 15 is 0 Å². The highest BCUT2D eigenvalue weighted by Gasteiger charge is 2.23. The summed E-state index contributed by atoms with van der Waals surface area (Å²) in [6.45, 7) is 0. The Hall–Kier alpha value is -1.83. The predicted molar refractivity (Wildman–Crippen MR) is 108 cm³/mol. The summed E-state index contributed by atoms with van der Waals surface area (Å²) in [4.78, 5) is 29.5. The number of methoxy groups -OCH3 is 1. The molecule has 3 aromatic rings. The molecule has 0 saturated carbocycles. The highest BCUT2D eigenvalue weighted by molar-refractivity contribution is 7.98. The van der Waals surface area contributed by atoms with E-state index in [9.17, 15) is 9.59 Å². The van der Waals surface area contributed by atoms with E-state index in [4.69, 9.17) is 16.3 Å². The van der Waals surface area contributed by atoms with Crippen molar-refractivity contribution in [1.82, 2.24) is 10.3 Å². The number of esters is 1. The van der Waals surface area contributed by atoms with E-state index in [0.717, 1.165) is 26.7 Å². The lowest BCUT2D eigenvalue weighted by Crippen LogP contribution is -2.41. The fraction of sp³-hybridized carbons (Fsp3) is 0.278. The molecule has 3 rings (SSSR count). The maximum Gasteiger partial charge on any atom is 0.328 e. The van der Waals surface area contributed by atoms with E-state index in [1.54, 1.807) is 17.8 Å². The number of ether oxygens (including phenoxy) is 1. The summed E-state index contributed by atoms with van der Waals surface area (Å²) in [5.41, 5.74) is 0.784. The molecular formula is C18H17ClN2O3S2. The van der Waals surface area contributed by atoms with Gasteiger partial charge in [-0.1, -0.05) is 29.8 Å². The number of para-hydroxylation sites is 1. The Morgan fingerprint density at radius 2 is 2.12 bits per heavy atom. The average molecular weight is 409 g/mol. The van der Waals surface area contributed by atoms with Crippen molar-refractivity contribution in [1.29, 1.82) is 0 Å². The Labute approximate surface area is 164 Å². The Balaban J connectivity index is 1.94. The quantitative estimate of drug-likeness (QED) is 0.490. The zero-order valence-corrected chi connectivity index (χ0v) is 16.6. The minimum atomic E-state index is -0.671. The summed E-state index contributed by atoms with van der Waals surface area (Å²) in [5, 5.41) is 4.81. The smallest absolute Gasteiger partial charge is 0.328 e. The maximum absolute atomic E-state index is 12.7. The maximum atomic E-state index is 12.7. The summed E-state index contributed by atoms with van der Waals surface area (Å²) in [5.74, 6) is -0.0196. The topological polar surface area (TPSA) is 68.3 Å². The van der Waals surface area contributed by atoms with Crippen LogP contribution in [-0.4, -0.2) is 42.0 Å². The number of nitrogens with zero attached hydrogens (tertiary/aromatic N) is 1. The molecule has 2 heterocycles. The van der Waals surface area contributed by atoms with Gasteiger partial charge >= 0.3 is 5.97 Å². The van der Waals surface area contributed by atoms with Crippen molar-refractivity contribution >= 4 is 67.6 Å². The first-order chi connectivity index (χ1) is 12.5. The highest BCUT2D eigenvalue weighted by Crippen LogP contribution is 2.35. The van der Waals surface area contributed by atoms with Gasteiger partial charge in [0.1, 0.15) is 11.2 Å². The minimum absolute atomic E-state index is 0.317. The van der Waals surface area contributed by atoms with Crippen LogP contribution in [0.2, 0.25) is 5.15 Å². The molecule has 0 bridgehead atoms. The number of carbonyl (C=O) groups excluding carboxylic acids is 2. The van der Waals surface area contributed by atoms with E-state index in [2.05, 4.69) is 10.3 Å². The van der Waals surface area contributed by atoms with Crippen LogP contribution in [0.25, 0.3) is 21.0 Å². The molecule has 1 atom stereocenters. The molecule has 0 radical (unpaired) electrons. The van der Waals surface area contributed by atoms with Crippen molar-refractivity contribution in [2.45, 2.75) is 12.5 Å². The number of carbonyl (C=O) groups is 2. The molecular weight excluding hydrogens is 392 g/mol. The summed E-state index contributed by atoms with van der Waals surface area (Å²) >= 11 is 9.23. The van der Waals surface area contributed by atoms with E-state index in [-0.39, 0.29) is 5.91 Å². The van der Waals surface area contributed by atoms with Gasteiger partial charge in [-0.15, -0.1) is 11.3 Å². The molecule has 5 nitrogen and oxygen atoms in total. The first kappa shape index (κ1) is 18.9. The van der Waals surface area contributed by atoms with Crippen LogP contribution in [-0.2, 0) is 9.53 Å². The second-order valence-electron chi connectivity index (χ2n) is 5.60. The fourth-order valence-corrected chi connectivity index (χ4v) is 4.51. The van der Waals surface area contributed by atoms with Gasteiger partial charge in [-0.2, -0.15) is 11.8 Å². The van der Waals surface area contributed by atoms with Crippen molar-refractivity contribution in [3.8, 4) is 0 Å². The van der Waals surface area contributed by atoms with Gasteiger partial charge in [0, 0.05) is 15.5 Å². The largest absolute Gasteiger partial charge is 0.467 e. The van der Waals surface area contributed by atoms with Gasteiger partial charge < -0.3 is 10.1 Å². The summed E-state index contributed by atoms with van der Waals surface area (Å²) in [6, 6.07) is 8.71. The van der Waals surface area contributed by atoms with Crippen molar-refractivity contribution in [2.24, 2.45) is 0 Å². The van der Waals surface area contributed by atoms with Crippen molar-refractivity contribution < 1.29 is 14.3 Å². The number of pyridine rings is 1. The molecule has 0 aliphatic heterocycles. The number of hydrogen-bond acceptors (Lipinski definition) is 6. The molecule has 0 saturated heterocycles. The second-order valence-corrected chi connectivity index (χ2v) is 8.00. The van der Waals surface area contributed by atoms with Crippen LogP contribution in [0.5, 0.6) is 0 Å². The average Bonchev–Trinajstić information content (AvgIpc) is 3.11. The molecule has 0 aliphatic carbocycles. The summed E-state index contributed by atoms with van der Waals surface area (Å²) in [6.07, 6.45) is 2.46. The van der Waals surface area contributed by atoms with E-state index < -0.39 is 12.0 Å². The monoisotopic (exact) mass is 408 g/mol. The molecule has 1 amide bonds. The molecule has 1 aromatic carbocycles. The van der Waals surface area contributed by atoms with Gasteiger partial charge in [0.25, 0.3) is 5.91 Å². The molecule has 1 N–H and O–H groups in total. The molecule has 26 heavy (non-hydrogen) atoms. The van der Waals surface area contributed by atoms with Crippen molar-refractivity contribution in [3.63, 3.8) is 0 Å². The van der Waals surface area contributed by atoms with Gasteiger partial charge in [0.2, 0.25) is 0 Å². The van der Waals surface area contributed by atoms with Crippen LogP contribution in [0.1, 0.15) is 16.1 Å². The van der Waals surface area contributed by atoms with Crippen LogP contribution in [0, 0.1) is 0 Å². The van der Waals surface area contributed by atoms with Crippen molar-refractivity contribution in [3.05, 3.63) is 40.4 Å². The number of hydrogen-bond donors (Lipinski definition) is 1. The molecule has 0 aliphatic rings. The van der Waals surface area contributed by atoms with Gasteiger partial charge in [0.15, 0.2) is 0 Å². The third-order valence-corrected chi connectivity index (χ3v) is 6.05. The zero-order chi connectivity index (χ0) is 18.7. The number of fused-ring (bicyclic) bond motifs is 3. The number of nitrogens with one attached hydrogen (secondary N) is 1. The van der Waals surface area contributed by atoms with Crippen LogP contribution < -0.4 is 5.32 Å². The minimum Gasteiger partial charge on any atom is -0.467 e. The second kappa shape index (κ2) is 8.24. The molecule has 2 aromatic heterocycles. The number of amides is 1. The normalized spacial score (nSPS) is 12.3. The van der Waals surface area contributed by atoms with Crippen LogP contribution in [0.3, 0.4) is 0 Å². The standard InChI is InChI=1S/C18H17ClN2O3S2/c1-24-18(23)13(7-8-25-2)21-17(22)14-9-11-15(26-14)10-5-3-4-6-12(10)20-16(11)19/h3-6,9,13H,7-8H2,1-2H3,(H,21,22). The highest BCUT2D eigenvalue weighted by atomic mass is 35.5. The fourth-order valence-electron chi connectivity index (χ4n) is 2.64. The number of rotatable bonds is 6. The van der Waals surface area contributed by atoms with Crippen LogP contribution in [0.15, 0.2) is 30.3 Å². The Bertz CT molecular complexity index is 974.